The minimum atomic E-state index is -1.56. The summed E-state index contributed by atoms with van der Waals surface area (Å²) in [6.07, 6.45) is 57.3. The number of rotatable bonds is 49. The molecular formula is C59H109NO8. The Kier molecular flexibility index (Phi) is 46.0. The third-order valence-electron chi connectivity index (χ3n) is 13.7. The molecule has 7 atom stereocenters. The van der Waals surface area contributed by atoms with E-state index in [4.69, 9.17) is 9.47 Å². The number of aliphatic hydroxyl groups is 5. The van der Waals surface area contributed by atoms with Gasteiger partial charge >= 0.3 is 0 Å². The third-order valence-corrected chi connectivity index (χ3v) is 13.7. The molecule has 0 saturated carbocycles. The van der Waals surface area contributed by atoms with Gasteiger partial charge in [-0.05, 0) is 51.4 Å². The number of nitrogens with one attached hydrogen (secondary N) is 1. The lowest BCUT2D eigenvalue weighted by Gasteiger charge is -2.40. The van der Waals surface area contributed by atoms with E-state index in [9.17, 15) is 30.3 Å². The Labute approximate surface area is 418 Å². The zero-order chi connectivity index (χ0) is 49.4. The first-order chi connectivity index (χ1) is 33.3. The van der Waals surface area contributed by atoms with E-state index in [1.54, 1.807) is 0 Å². The van der Waals surface area contributed by atoms with Crippen molar-refractivity contribution in [2.45, 2.75) is 307 Å². The van der Waals surface area contributed by atoms with Crippen LogP contribution in [0.5, 0.6) is 0 Å². The lowest BCUT2D eigenvalue weighted by atomic mass is 9.99. The number of hydrogen-bond acceptors (Lipinski definition) is 8. The van der Waals surface area contributed by atoms with E-state index in [2.05, 4.69) is 67.8 Å². The first kappa shape index (κ1) is 64.2. The maximum atomic E-state index is 13.0. The highest BCUT2D eigenvalue weighted by molar-refractivity contribution is 5.76. The second kappa shape index (κ2) is 48.8. The van der Waals surface area contributed by atoms with Gasteiger partial charge < -0.3 is 40.3 Å². The van der Waals surface area contributed by atoms with E-state index in [0.717, 1.165) is 57.8 Å². The van der Waals surface area contributed by atoms with Gasteiger partial charge in [0.25, 0.3) is 0 Å². The Balaban J connectivity index is 2.16. The molecule has 6 N–H and O–H groups in total. The van der Waals surface area contributed by atoms with Crippen LogP contribution >= 0.6 is 0 Å². The van der Waals surface area contributed by atoms with Crippen molar-refractivity contribution in [2.24, 2.45) is 0 Å². The number of ether oxygens (including phenoxy) is 2. The number of aliphatic hydroxyl groups excluding tert-OH is 5. The molecule has 68 heavy (non-hydrogen) atoms. The molecule has 1 heterocycles. The van der Waals surface area contributed by atoms with E-state index >= 15 is 0 Å². The molecule has 9 nitrogen and oxygen atoms in total. The first-order valence-electron chi connectivity index (χ1n) is 28.8. The molecule has 1 aliphatic rings. The number of hydrogen-bond donors (Lipinski definition) is 6. The van der Waals surface area contributed by atoms with Gasteiger partial charge in [0.05, 0.1) is 25.4 Å². The normalized spacial score (nSPS) is 19.9. The highest BCUT2D eigenvalue weighted by atomic mass is 16.7. The van der Waals surface area contributed by atoms with Crippen molar-refractivity contribution in [3.05, 3.63) is 48.6 Å². The Morgan fingerprint density at radius 1 is 0.515 bits per heavy atom. The Hall–Kier alpha value is -1.85. The molecule has 0 aromatic rings. The molecule has 1 amide bonds. The molecular weight excluding hydrogens is 851 g/mol. The van der Waals surface area contributed by atoms with Crippen molar-refractivity contribution in [1.29, 1.82) is 0 Å². The summed E-state index contributed by atoms with van der Waals surface area (Å²) in [4.78, 5) is 13.0. The molecule has 0 bridgehead atoms. The largest absolute Gasteiger partial charge is 0.394 e. The minimum Gasteiger partial charge on any atom is -0.394 e. The molecule has 398 valence electrons. The van der Waals surface area contributed by atoms with Crippen molar-refractivity contribution in [3.63, 3.8) is 0 Å². The van der Waals surface area contributed by atoms with Crippen molar-refractivity contribution in [2.75, 3.05) is 13.2 Å². The molecule has 0 spiro atoms. The molecule has 1 rings (SSSR count). The average Bonchev–Trinajstić information content (AvgIpc) is 3.34. The fraction of sp³-hybridized carbons (Fsp3) is 0.847. The summed E-state index contributed by atoms with van der Waals surface area (Å²) in [7, 11) is 0. The van der Waals surface area contributed by atoms with Crippen LogP contribution in [0.2, 0.25) is 0 Å². The summed E-state index contributed by atoms with van der Waals surface area (Å²) in [6, 6.07) is -0.743. The zero-order valence-corrected chi connectivity index (χ0v) is 44.1. The van der Waals surface area contributed by atoms with E-state index in [1.807, 2.05) is 0 Å². The summed E-state index contributed by atoms with van der Waals surface area (Å²) >= 11 is 0. The van der Waals surface area contributed by atoms with Crippen LogP contribution in [-0.4, -0.2) is 87.5 Å². The summed E-state index contributed by atoms with van der Waals surface area (Å²) in [6.45, 7) is 3.72. The third kappa shape index (κ3) is 37.9. The molecule has 0 radical (unpaired) electrons. The molecule has 0 aromatic heterocycles. The molecule has 1 saturated heterocycles. The lowest BCUT2D eigenvalue weighted by molar-refractivity contribution is -0.302. The predicted octanol–water partition coefficient (Wildman–Crippen LogP) is 14.1. The Bertz CT molecular complexity index is 1210. The van der Waals surface area contributed by atoms with Gasteiger partial charge in [-0.25, -0.2) is 0 Å². The van der Waals surface area contributed by atoms with E-state index in [0.29, 0.717) is 19.3 Å². The summed E-state index contributed by atoms with van der Waals surface area (Å²) in [5.74, 6) is -0.183. The van der Waals surface area contributed by atoms with E-state index in [-0.39, 0.29) is 12.5 Å². The number of amides is 1. The fourth-order valence-corrected chi connectivity index (χ4v) is 9.15. The standard InChI is InChI=1S/C59H109NO8/c1-3-5-7-9-11-13-15-17-19-20-21-22-23-24-25-26-27-28-29-30-31-32-33-35-36-38-40-42-44-46-48-53(62)52(51-67-59-58(66)57(65)56(64)54(50-61)68-59)60-55(63)49-47-45-43-41-39-37-34-18-16-14-12-10-8-6-4-2/h6,8,12,14,18,34,39,41,52-54,56-59,61-62,64-66H,3-5,7,9-11,13,15-17,19-33,35-38,40,42-51H2,1-2H3,(H,60,63)/b8-6-,14-12-,34-18-,41-39-. The number of allylic oxidation sites excluding steroid dienone is 8. The van der Waals surface area contributed by atoms with Crippen LogP contribution in [0.4, 0.5) is 0 Å². The highest BCUT2D eigenvalue weighted by Gasteiger charge is 2.44. The van der Waals surface area contributed by atoms with Gasteiger partial charge in [0.2, 0.25) is 5.91 Å². The van der Waals surface area contributed by atoms with Crippen molar-refractivity contribution >= 4 is 5.91 Å². The smallest absolute Gasteiger partial charge is 0.220 e. The number of unbranched alkanes of at least 4 members (excludes halogenated alkanes) is 31. The Morgan fingerprint density at radius 3 is 1.32 bits per heavy atom. The average molecular weight is 961 g/mol. The van der Waals surface area contributed by atoms with Gasteiger partial charge in [0.1, 0.15) is 24.4 Å². The van der Waals surface area contributed by atoms with Gasteiger partial charge in [-0.2, -0.15) is 0 Å². The first-order valence-corrected chi connectivity index (χ1v) is 28.8. The van der Waals surface area contributed by atoms with Crippen LogP contribution < -0.4 is 5.32 Å². The van der Waals surface area contributed by atoms with Gasteiger partial charge in [0.15, 0.2) is 6.29 Å². The minimum absolute atomic E-state index is 0.156. The quantitative estimate of drug-likeness (QED) is 0.0261. The molecule has 1 fully saturated rings. The van der Waals surface area contributed by atoms with Crippen molar-refractivity contribution in [3.8, 4) is 0 Å². The zero-order valence-electron chi connectivity index (χ0n) is 44.1. The van der Waals surface area contributed by atoms with E-state index < -0.39 is 49.5 Å². The lowest BCUT2D eigenvalue weighted by Crippen LogP contribution is -2.60. The highest BCUT2D eigenvalue weighted by Crippen LogP contribution is 2.23. The van der Waals surface area contributed by atoms with Gasteiger partial charge in [0, 0.05) is 6.42 Å². The second-order valence-corrected chi connectivity index (χ2v) is 20.1. The topological polar surface area (TPSA) is 149 Å². The summed E-state index contributed by atoms with van der Waals surface area (Å²) < 4.78 is 11.3. The van der Waals surface area contributed by atoms with Gasteiger partial charge in [-0.15, -0.1) is 0 Å². The maximum absolute atomic E-state index is 13.0. The number of carbonyl (C=O) groups excluding carboxylic acids is 1. The molecule has 9 heteroatoms. The summed E-state index contributed by atoms with van der Waals surface area (Å²) in [5, 5.41) is 54.6. The van der Waals surface area contributed by atoms with Crippen LogP contribution in [-0.2, 0) is 14.3 Å². The molecule has 1 aliphatic heterocycles. The van der Waals surface area contributed by atoms with Crippen molar-refractivity contribution in [1.82, 2.24) is 5.32 Å². The SMILES string of the molecule is CC/C=C\C/C=C\C/C=C\C/C=C\CCCCC(=O)NC(COC1OC(CO)C(O)C(O)C1O)C(O)CCCCCCCCCCCCCCCCCCCCCCCCCCCCCCCC. The number of carbonyl (C=O) groups is 1. The van der Waals surface area contributed by atoms with Gasteiger partial charge in [-0.3, -0.25) is 4.79 Å². The molecule has 0 aromatic carbocycles. The van der Waals surface area contributed by atoms with Crippen molar-refractivity contribution < 1.29 is 39.8 Å². The van der Waals surface area contributed by atoms with Crippen LogP contribution in [0, 0.1) is 0 Å². The predicted molar refractivity (Wildman–Crippen MR) is 286 cm³/mol. The summed E-state index contributed by atoms with van der Waals surface area (Å²) in [5.41, 5.74) is 0. The second-order valence-electron chi connectivity index (χ2n) is 20.1. The van der Waals surface area contributed by atoms with Crippen LogP contribution in [0.1, 0.15) is 264 Å². The Morgan fingerprint density at radius 2 is 0.912 bits per heavy atom. The van der Waals surface area contributed by atoms with Crippen LogP contribution in [0.3, 0.4) is 0 Å². The van der Waals surface area contributed by atoms with Gasteiger partial charge in [-0.1, -0.05) is 255 Å². The monoisotopic (exact) mass is 960 g/mol. The molecule has 7 unspecified atom stereocenters. The van der Waals surface area contributed by atoms with E-state index in [1.165, 1.54) is 173 Å². The van der Waals surface area contributed by atoms with Crippen LogP contribution in [0.25, 0.3) is 0 Å². The molecule has 0 aliphatic carbocycles. The van der Waals surface area contributed by atoms with Crippen LogP contribution in [0.15, 0.2) is 48.6 Å². The maximum Gasteiger partial charge on any atom is 0.220 e. The fourth-order valence-electron chi connectivity index (χ4n) is 9.15.